The highest BCUT2D eigenvalue weighted by molar-refractivity contribution is 5.79. The average molecular weight is 263 g/mol. The second-order valence-corrected chi connectivity index (χ2v) is 4.37. The molecule has 0 amide bonds. The minimum Gasteiger partial charge on any atom is -0.469 e. The fraction of sp³-hybridized carbons (Fsp3) is 0.385. The number of methoxy groups -OCH3 is 1. The minimum absolute atomic E-state index is 0.0185. The van der Waals surface area contributed by atoms with E-state index in [-0.39, 0.29) is 13.0 Å². The van der Waals surface area contributed by atoms with Gasteiger partial charge in [0.05, 0.1) is 37.0 Å². The highest BCUT2D eigenvalue weighted by Crippen LogP contribution is 2.17. The number of nitrogens with one attached hydrogen (secondary N) is 1. The first-order valence-electron chi connectivity index (χ1n) is 6.00. The van der Waals surface area contributed by atoms with Crippen LogP contribution in [-0.4, -0.2) is 40.4 Å². The highest BCUT2D eigenvalue weighted by Gasteiger charge is 2.10. The molecule has 0 aliphatic carbocycles. The van der Waals surface area contributed by atoms with Crippen LogP contribution in [0.3, 0.4) is 0 Å². The molecule has 6 nitrogen and oxygen atoms in total. The Bertz CT molecular complexity index is 580. The number of esters is 1. The number of hydrogen-bond donors (Lipinski definition) is 2. The van der Waals surface area contributed by atoms with Crippen LogP contribution >= 0.6 is 0 Å². The van der Waals surface area contributed by atoms with Crippen molar-refractivity contribution < 1.29 is 14.6 Å². The average Bonchev–Trinajstić information content (AvgIpc) is 2.77. The van der Waals surface area contributed by atoms with Crippen LogP contribution in [0.15, 0.2) is 24.5 Å². The Labute approximate surface area is 111 Å². The van der Waals surface area contributed by atoms with Gasteiger partial charge in [0, 0.05) is 19.3 Å². The summed E-state index contributed by atoms with van der Waals surface area (Å²) < 4.78 is 6.43. The van der Waals surface area contributed by atoms with E-state index in [1.54, 1.807) is 6.33 Å². The van der Waals surface area contributed by atoms with E-state index >= 15 is 0 Å². The number of rotatable bonds is 5. The molecule has 0 fully saturated rings. The second-order valence-electron chi connectivity index (χ2n) is 4.37. The van der Waals surface area contributed by atoms with Gasteiger partial charge in [-0.3, -0.25) is 4.79 Å². The van der Waals surface area contributed by atoms with Crippen LogP contribution in [0.5, 0.6) is 0 Å². The molecule has 1 unspecified atom stereocenters. The van der Waals surface area contributed by atoms with Crippen LogP contribution in [0.1, 0.15) is 6.42 Å². The number of aromatic nitrogens is 2. The van der Waals surface area contributed by atoms with Crippen LogP contribution in [0.4, 0.5) is 5.69 Å². The van der Waals surface area contributed by atoms with E-state index in [0.717, 1.165) is 16.7 Å². The van der Waals surface area contributed by atoms with Crippen molar-refractivity contribution in [3.63, 3.8) is 0 Å². The molecule has 0 saturated carbocycles. The van der Waals surface area contributed by atoms with Gasteiger partial charge < -0.3 is 19.7 Å². The molecule has 0 spiro atoms. The Balaban J connectivity index is 1.96. The summed E-state index contributed by atoms with van der Waals surface area (Å²) in [5, 5.41) is 12.7. The fourth-order valence-corrected chi connectivity index (χ4v) is 1.83. The first kappa shape index (κ1) is 13.4. The quantitative estimate of drug-likeness (QED) is 0.784. The highest BCUT2D eigenvalue weighted by atomic mass is 16.5. The van der Waals surface area contributed by atoms with Gasteiger partial charge >= 0.3 is 5.97 Å². The number of aliphatic hydroxyl groups excluding tert-OH is 1. The summed E-state index contributed by atoms with van der Waals surface area (Å²) in [6.45, 7) is 0.285. The third-order valence-corrected chi connectivity index (χ3v) is 2.90. The molecule has 19 heavy (non-hydrogen) atoms. The maximum atomic E-state index is 11.0. The summed E-state index contributed by atoms with van der Waals surface area (Å²) >= 11 is 0. The lowest BCUT2D eigenvalue weighted by Gasteiger charge is -2.11. The summed E-state index contributed by atoms with van der Waals surface area (Å²) in [5.41, 5.74) is 2.78. The lowest BCUT2D eigenvalue weighted by Crippen LogP contribution is -2.23. The van der Waals surface area contributed by atoms with E-state index in [1.165, 1.54) is 7.11 Å². The first-order chi connectivity index (χ1) is 9.10. The monoisotopic (exact) mass is 263 g/mol. The van der Waals surface area contributed by atoms with Crippen LogP contribution in [0.2, 0.25) is 0 Å². The third-order valence-electron chi connectivity index (χ3n) is 2.90. The lowest BCUT2D eigenvalue weighted by molar-refractivity contribution is -0.142. The summed E-state index contributed by atoms with van der Waals surface area (Å²) in [6.07, 6.45) is 0.961. The van der Waals surface area contributed by atoms with Crippen molar-refractivity contribution in [3.05, 3.63) is 24.5 Å². The molecule has 2 rings (SSSR count). The van der Waals surface area contributed by atoms with Crippen LogP contribution in [0.25, 0.3) is 11.0 Å². The summed E-state index contributed by atoms with van der Waals surface area (Å²) in [7, 11) is 3.24. The molecule has 2 aromatic rings. The number of ether oxygens (including phenoxy) is 1. The molecule has 0 saturated heterocycles. The van der Waals surface area contributed by atoms with Crippen molar-refractivity contribution >= 4 is 22.7 Å². The topological polar surface area (TPSA) is 76.4 Å². The first-order valence-corrected chi connectivity index (χ1v) is 6.00. The fourth-order valence-electron chi connectivity index (χ4n) is 1.83. The smallest absolute Gasteiger partial charge is 0.308 e. The maximum absolute atomic E-state index is 11.0. The molecule has 0 bridgehead atoms. The number of imidazole rings is 1. The number of carbonyl (C=O) groups excluding carboxylic acids is 1. The van der Waals surface area contributed by atoms with Gasteiger partial charge in [-0.15, -0.1) is 0 Å². The number of aliphatic hydroxyl groups is 1. The zero-order valence-electron chi connectivity index (χ0n) is 11.0. The molecule has 0 aliphatic heterocycles. The summed E-state index contributed by atoms with van der Waals surface area (Å²) in [4.78, 5) is 15.2. The Morgan fingerprint density at radius 3 is 3.11 bits per heavy atom. The van der Waals surface area contributed by atoms with Crippen LogP contribution in [0, 0.1) is 0 Å². The Kier molecular flexibility index (Phi) is 4.01. The van der Waals surface area contributed by atoms with Crippen LogP contribution in [-0.2, 0) is 16.6 Å². The van der Waals surface area contributed by atoms with Gasteiger partial charge in [0.1, 0.15) is 0 Å². The molecular formula is C13H17N3O3. The number of carbonyl (C=O) groups is 1. The number of anilines is 1. The van der Waals surface area contributed by atoms with Crippen molar-refractivity contribution in [1.82, 2.24) is 9.55 Å². The van der Waals surface area contributed by atoms with Crippen molar-refractivity contribution in [3.8, 4) is 0 Å². The number of nitrogens with zero attached hydrogens (tertiary/aromatic N) is 2. The molecule has 102 valence electrons. The molecule has 6 heteroatoms. The Morgan fingerprint density at radius 2 is 2.37 bits per heavy atom. The molecule has 0 aliphatic rings. The van der Waals surface area contributed by atoms with Gasteiger partial charge in [-0.2, -0.15) is 0 Å². The number of fused-ring (bicyclic) bond motifs is 1. The number of benzene rings is 1. The Morgan fingerprint density at radius 1 is 1.58 bits per heavy atom. The van der Waals surface area contributed by atoms with E-state index in [9.17, 15) is 9.90 Å². The van der Waals surface area contributed by atoms with Gasteiger partial charge in [0.2, 0.25) is 0 Å². The molecule has 1 atom stereocenters. The predicted molar refractivity (Wildman–Crippen MR) is 71.8 cm³/mol. The molecule has 2 N–H and O–H groups in total. The van der Waals surface area contributed by atoms with Gasteiger partial charge in [0.15, 0.2) is 0 Å². The minimum atomic E-state index is -0.771. The van der Waals surface area contributed by atoms with E-state index in [0.29, 0.717) is 0 Å². The normalized spacial score (nSPS) is 12.4. The van der Waals surface area contributed by atoms with Crippen molar-refractivity contribution in [2.45, 2.75) is 12.5 Å². The van der Waals surface area contributed by atoms with Gasteiger partial charge in [0.25, 0.3) is 0 Å². The SMILES string of the molecule is COC(=O)CC(O)CNc1ccc2c(c1)ncn2C. The molecule has 0 radical (unpaired) electrons. The standard InChI is InChI=1S/C13H17N3O3/c1-16-8-15-11-5-9(3-4-12(11)16)14-7-10(17)6-13(18)19-2/h3-5,8,10,14,17H,6-7H2,1-2H3. The van der Waals surface area contributed by atoms with E-state index in [2.05, 4.69) is 15.0 Å². The van der Waals surface area contributed by atoms with Gasteiger partial charge in [-0.05, 0) is 18.2 Å². The van der Waals surface area contributed by atoms with Crippen molar-refractivity contribution in [2.24, 2.45) is 7.05 Å². The molecule has 1 aromatic carbocycles. The van der Waals surface area contributed by atoms with Crippen molar-refractivity contribution in [2.75, 3.05) is 19.0 Å². The van der Waals surface area contributed by atoms with Crippen LogP contribution < -0.4 is 5.32 Å². The van der Waals surface area contributed by atoms with Gasteiger partial charge in [-0.1, -0.05) is 0 Å². The Hall–Kier alpha value is -2.08. The summed E-state index contributed by atoms with van der Waals surface area (Å²) in [5.74, 6) is -0.422. The second kappa shape index (κ2) is 5.71. The van der Waals surface area contributed by atoms with Gasteiger partial charge in [-0.25, -0.2) is 4.98 Å². The number of hydrogen-bond acceptors (Lipinski definition) is 5. The molecular weight excluding hydrogens is 246 g/mol. The van der Waals surface area contributed by atoms with Crippen molar-refractivity contribution in [1.29, 1.82) is 0 Å². The maximum Gasteiger partial charge on any atom is 0.308 e. The van der Waals surface area contributed by atoms with E-state index in [4.69, 9.17) is 0 Å². The predicted octanol–water partition coefficient (Wildman–Crippen LogP) is 0.909. The number of aryl methyl sites for hydroxylation is 1. The van der Waals surface area contributed by atoms with E-state index in [1.807, 2.05) is 29.8 Å². The zero-order valence-corrected chi connectivity index (χ0v) is 11.0. The summed E-state index contributed by atoms with van der Waals surface area (Å²) in [6, 6.07) is 5.77. The molecule has 1 heterocycles. The third kappa shape index (κ3) is 3.23. The molecule has 1 aromatic heterocycles. The largest absolute Gasteiger partial charge is 0.469 e. The zero-order chi connectivity index (χ0) is 13.8. The lowest BCUT2D eigenvalue weighted by atomic mass is 10.2. The van der Waals surface area contributed by atoms with E-state index < -0.39 is 12.1 Å².